The summed E-state index contributed by atoms with van der Waals surface area (Å²) in [5, 5.41) is 2.94. The lowest BCUT2D eigenvalue weighted by atomic mass is 10.2. The minimum Gasteiger partial charge on any atom is -0.375 e. The van der Waals surface area contributed by atoms with Crippen molar-refractivity contribution in [3.63, 3.8) is 0 Å². The summed E-state index contributed by atoms with van der Waals surface area (Å²) >= 11 is 0. The Morgan fingerprint density at radius 1 is 1.44 bits per heavy atom. The van der Waals surface area contributed by atoms with Gasteiger partial charge in [0.25, 0.3) is 0 Å². The monoisotopic (exact) mass is 276 g/mol. The molecule has 0 aromatic carbocycles. The van der Waals surface area contributed by atoms with Crippen molar-refractivity contribution in [2.24, 2.45) is 0 Å². The lowest BCUT2D eigenvalue weighted by molar-refractivity contribution is -0.00301. The van der Waals surface area contributed by atoms with Gasteiger partial charge in [0.15, 0.2) is 0 Å². The van der Waals surface area contributed by atoms with Crippen LogP contribution < -0.4 is 5.32 Å². The van der Waals surface area contributed by atoms with E-state index in [4.69, 9.17) is 4.74 Å². The summed E-state index contributed by atoms with van der Waals surface area (Å²) in [6, 6.07) is 0.552. The highest BCUT2D eigenvalue weighted by molar-refractivity contribution is 7.89. The fraction of sp³-hybridized carbons (Fsp3) is 1.00. The number of sulfonamides is 1. The Morgan fingerprint density at radius 2 is 2.17 bits per heavy atom. The second kappa shape index (κ2) is 5.86. The van der Waals surface area contributed by atoms with Gasteiger partial charge >= 0.3 is 0 Å². The number of ether oxygens (including phenoxy) is 1. The molecule has 1 saturated carbocycles. The molecule has 0 aromatic rings. The summed E-state index contributed by atoms with van der Waals surface area (Å²) in [4.78, 5) is 0. The van der Waals surface area contributed by atoms with E-state index in [-0.39, 0.29) is 11.4 Å². The molecule has 2 aliphatic rings. The zero-order chi connectivity index (χ0) is 13.2. The van der Waals surface area contributed by atoms with Crippen molar-refractivity contribution in [1.29, 1.82) is 0 Å². The molecule has 0 radical (unpaired) electrons. The average Bonchev–Trinajstić information content (AvgIpc) is 3.20. The van der Waals surface area contributed by atoms with E-state index >= 15 is 0 Å². The van der Waals surface area contributed by atoms with Crippen molar-refractivity contribution in [1.82, 2.24) is 9.62 Å². The minimum absolute atomic E-state index is 0.0529. The van der Waals surface area contributed by atoms with E-state index in [1.165, 1.54) is 12.8 Å². The van der Waals surface area contributed by atoms with Crippen LogP contribution in [0, 0.1) is 0 Å². The topological polar surface area (TPSA) is 58.6 Å². The van der Waals surface area contributed by atoms with Crippen LogP contribution in [0.4, 0.5) is 0 Å². The molecule has 2 unspecified atom stereocenters. The Morgan fingerprint density at radius 3 is 2.78 bits per heavy atom. The van der Waals surface area contributed by atoms with Crippen molar-refractivity contribution >= 4 is 10.0 Å². The molecule has 1 N–H and O–H groups in total. The largest absolute Gasteiger partial charge is 0.375 e. The van der Waals surface area contributed by atoms with E-state index in [1.54, 1.807) is 11.2 Å². The van der Waals surface area contributed by atoms with Crippen molar-refractivity contribution in [3.05, 3.63) is 0 Å². The van der Waals surface area contributed by atoms with Crippen LogP contribution >= 0.6 is 0 Å². The summed E-state index contributed by atoms with van der Waals surface area (Å²) in [5.41, 5.74) is 0. The van der Waals surface area contributed by atoms with Crippen LogP contribution in [0.1, 0.15) is 33.1 Å². The molecule has 2 rings (SSSR count). The molecular formula is C12H24N2O3S. The zero-order valence-electron chi connectivity index (χ0n) is 11.3. The standard InChI is InChI=1S/C12H24N2O3S/c1-3-12-9-14(6-7-17-12)18(15,16)10(2)8-13-11-4-5-11/h10-13H,3-9H2,1-2H3. The number of nitrogens with one attached hydrogen (secondary N) is 1. The number of hydrogen-bond donors (Lipinski definition) is 1. The molecule has 18 heavy (non-hydrogen) atoms. The minimum atomic E-state index is -3.18. The molecule has 1 aliphatic heterocycles. The Labute approximate surface area is 110 Å². The predicted octanol–water partition coefficient (Wildman–Crippen LogP) is 0.568. The number of hydrogen-bond acceptors (Lipinski definition) is 4. The van der Waals surface area contributed by atoms with Crippen LogP contribution in [0.15, 0.2) is 0 Å². The third-order valence-corrected chi connectivity index (χ3v) is 5.93. The predicted molar refractivity (Wildman–Crippen MR) is 71.0 cm³/mol. The lowest BCUT2D eigenvalue weighted by Crippen LogP contribution is -2.50. The maximum atomic E-state index is 12.4. The quantitative estimate of drug-likeness (QED) is 0.770. The van der Waals surface area contributed by atoms with Gasteiger partial charge in [-0.05, 0) is 26.2 Å². The molecular weight excluding hydrogens is 252 g/mol. The van der Waals surface area contributed by atoms with Crippen molar-refractivity contribution in [2.45, 2.75) is 50.5 Å². The average molecular weight is 276 g/mol. The van der Waals surface area contributed by atoms with E-state index in [0.717, 1.165) is 6.42 Å². The molecule has 1 saturated heterocycles. The fourth-order valence-corrected chi connectivity index (χ4v) is 3.67. The van der Waals surface area contributed by atoms with E-state index in [9.17, 15) is 8.42 Å². The van der Waals surface area contributed by atoms with Gasteiger partial charge in [0.1, 0.15) is 0 Å². The van der Waals surface area contributed by atoms with Gasteiger partial charge in [-0.25, -0.2) is 8.42 Å². The Balaban J connectivity index is 1.90. The van der Waals surface area contributed by atoms with Gasteiger partial charge in [-0.15, -0.1) is 0 Å². The first-order valence-corrected chi connectivity index (χ1v) is 8.38. The lowest BCUT2D eigenvalue weighted by Gasteiger charge is -2.33. The first-order chi connectivity index (χ1) is 8.54. The van der Waals surface area contributed by atoms with Crippen molar-refractivity contribution in [2.75, 3.05) is 26.2 Å². The molecule has 0 amide bonds. The molecule has 2 atom stereocenters. The van der Waals surface area contributed by atoms with Gasteiger partial charge in [-0.1, -0.05) is 6.92 Å². The van der Waals surface area contributed by atoms with E-state index < -0.39 is 10.0 Å². The third-order valence-electron chi connectivity index (χ3n) is 3.70. The molecule has 1 aliphatic carbocycles. The van der Waals surface area contributed by atoms with Gasteiger partial charge in [0, 0.05) is 25.7 Å². The highest BCUT2D eigenvalue weighted by Crippen LogP contribution is 2.20. The van der Waals surface area contributed by atoms with Gasteiger partial charge in [0.05, 0.1) is 18.0 Å². The van der Waals surface area contributed by atoms with Crippen LogP contribution in [0.5, 0.6) is 0 Å². The van der Waals surface area contributed by atoms with Crippen LogP contribution in [0.2, 0.25) is 0 Å². The summed E-state index contributed by atoms with van der Waals surface area (Å²) in [6.07, 6.45) is 3.28. The maximum absolute atomic E-state index is 12.4. The summed E-state index contributed by atoms with van der Waals surface area (Å²) in [5.74, 6) is 0. The van der Waals surface area contributed by atoms with E-state index in [0.29, 0.717) is 32.3 Å². The van der Waals surface area contributed by atoms with Gasteiger partial charge in [-0.3, -0.25) is 0 Å². The fourth-order valence-electron chi connectivity index (χ4n) is 2.15. The first-order valence-electron chi connectivity index (χ1n) is 6.88. The SMILES string of the molecule is CCC1CN(S(=O)(=O)C(C)CNC2CC2)CCO1. The van der Waals surface area contributed by atoms with Crippen molar-refractivity contribution in [3.8, 4) is 0 Å². The molecule has 2 fully saturated rings. The van der Waals surface area contributed by atoms with Crippen LogP contribution in [0.25, 0.3) is 0 Å². The molecule has 0 aromatic heterocycles. The second-order valence-electron chi connectivity index (χ2n) is 5.30. The Hall–Kier alpha value is -0.170. The molecule has 1 heterocycles. The summed E-state index contributed by atoms with van der Waals surface area (Å²) < 4.78 is 31.9. The normalized spacial score (nSPS) is 28.2. The Bertz CT molecular complexity index is 368. The molecule has 6 heteroatoms. The van der Waals surface area contributed by atoms with Gasteiger partial charge in [0.2, 0.25) is 10.0 Å². The van der Waals surface area contributed by atoms with Crippen LogP contribution in [0.3, 0.4) is 0 Å². The molecule has 0 spiro atoms. The molecule has 0 bridgehead atoms. The highest BCUT2D eigenvalue weighted by Gasteiger charge is 2.33. The third kappa shape index (κ3) is 3.44. The number of rotatable bonds is 6. The van der Waals surface area contributed by atoms with E-state index in [1.807, 2.05) is 6.92 Å². The summed E-state index contributed by atoms with van der Waals surface area (Å²) in [6.45, 7) is 5.89. The Kier molecular flexibility index (Phi) is 4.64. The number of nitrogens with zero attached hydrogens (tertiary/aromatic N) is 1. The second-order valence-corrected chi connectivity index (χ2v) is 7.65. The first kappa shape index (κ1) is 14.2. The molecule has 5 nitrogen and oxygen atoms in total. The summed E-state index contributed by atoms with van der Waals surface area (Å²) in [7, 11) is -3.18. The smallest absolute Gasteiger partial charge is 0.218 e. The van der Waals surface area contributed by atoms with Crippen molar-refractivity contribution < 1.29 is 13.2 Å². The van der Waals surface area contributed by atoms with E-state index in [2.05, 4.69) is 5.32 Å². The van der Waals surface area contributed by atoms with Gasteiger partial charge in [-0.2, -0.15) is 4.31 Å². The number of morpholine rings is 1. The highest BCUT2D eigenvalue weighted by atomic mass is 32.2. The molecule has 106 valence electrons. The van der Waals surface area contributed by atoms with Crippen LogP contribution in [-0.2, 0) is 14.8 Å². The maximum Gasteiger partial charge on any atom is 0.218 e. The zero-order valence-corrected chi connectivity index (χ0v) is 12.1. The van der Waals surface area contributed by atoms with Gasteiger partial charge < -0.3 is 10.1 Å². The van der Waals surface area contributed by atoms with Crippen LogP contribution in [-0.4, -0.2) is 56.4 Å².